The van der Waals surface area contributed by atoms with Crippen molar-refractivity contribution in [2.24, 2.45) is 0 Å². The Labute approximate surface area is 99.0 Å². The smallest absolute Gasteiger partial charge is 0.172 e. The molecule has 0 aromatic heterocycles. The molecule has 0 atom stereocenters. The summed E-state index contributed by atoms with van der Waals surface area (Å²) < 4.78 is 0. The predicted octanol–water partition coefficient (Wildman–Crippen LogP) is 5.09. The van der Waals surface area contributed by atoms with Gasteiger partial charge in [0, 0.05) is 0 Å². The van der Waals surface area contributed by atoms with Crippen LogP contribution in [-0.4, -0.2) is 0 Å². The van der Waals surface area contributed by atoms with Crippen molar-refractivity contribution in [2.75, 3.05) is 0 Å². The van der Waals surface area contributed by atoms with Crippen LogP contribution in [0.25, 0.3) is 0 Å². The molecule has 4 heteroatoms. The van der Waals surface area contributed by atoms with Crippen LogP contribution in [0.1, 0.15) is 20.8 Å². The monoisotopic (exact) mass is 275 g/mol. The molecule has 77 valence electrons. The molecule has 13 heavy (non-hydrogen) atoms. The van der Waals surface area contributed by atoms with Gasteiger partial charge in [-0.1, -0.05) is 0 Å². The normalized spacial score (nSPS) is 7.92. The summed E-state index contributed by atoms with van der Waals surface area (Å²) in [4.78, 5) is 0. The van der Waals surface area contributed by atoms with E-state index >= 15 is 0 Å². The first kappa shape index (κ1) is 16.4. The maximum absolute atomic E-state index is 4.97. The van der Waals surface area contributed by atoms with Gasteiger partial charge in [0.2, 0.25) is 0 Å². The van der Waals surface area contributed by atoms with Crippen LogP contribution in [0.2, 0.25) is 0 Å². The topological polar surface area (TPSA) is 0 Å². The van der Waals surface area contributed by atoms with Crippen LogP contribution in [0.5, 0.6) is 0 Å². The molecular weight excluding hydrogens is 262 g/mol. The van der Waals surface area contributed by atoms with Gasteiger partial charge < -0.3 is 5.92 Å². The van der Waals surface area contributed by atoms with Crippen molar-refractivity contribution in [1.29, 1.82) is 0 Å². The van der Waals surface area contributed by atoms with E-state index in [2.05, 4.69) is 20.8 Å². The van der Waals surface area contributed by atoms with Gasteiger partial charge >= 0.3 is 42.6 Å². The van der Waals surface area contributed by atoms with Gasteiger partial charge in [0.1, 0.15) is 0 Å². The van der Waals surface area contributed by atoms with E-state index in [9.17, 15) is 0 Å². The zero-order chi connectivity index (χ0) is 10.7. The van der Waals surface area contributed by atoms with Gasteiger partial charge in [0.25, 0.3) is 0 Å². The van der Waals surface area contributed by atoms with Crippen molar-refractivity contribution in [3.63, 3.8) is 0 Å². The molecule has 0 saturated carbocycles. The SMILES string of the molecule is C[C-](C)C.[Cl][Ti]([Cl])[Cl].c1cc[cH-]c1. The summed E-state index contributed by atoms with van der Waals surface area (Å²) in [5, 5.41) is 0. The van der Waals surface area contributed by atoms with E-state index in [1.165, 1.54) is 5.92 Å². The van der Waals surface area contributed by atoms with E-state index in [1.807, 2.05) is 30.3 Å². The molecule has 0 aliphatic heterocycles. The van der Waals surface area contributed by atoms with Crippen LogP contribution in [0.4, 0.5) is 0 Å². The van der Waals surface area contributed by atoms with E-state index < -0.39 is 14.7 Å². The second-order valence-electron chi connectivity index (χ2n) is 2.68. The largest absolute Gasteiger partial charge is 0.214 e. The molecule has 1 rings (SSSR count). The molecule has 1 aromatic rings. The van der Waals surface area contributed by atoms with Crippen molar-refractivity contribution >= 4 is 27.9 Å². The Morgan fingerprint density at radius 2 is 1.23 bits per heavy atom. The molecule has 0 heterocycles. The van der Waals surface area contributed by atoms with E-state index in [-0.39, 0.29) is 0 Å². The van der Waals surface area contributed by atoms with Gasteiger partial charge in [-0.3, -0.25) is 0 Å². The van der Waals surface area contributed by atoms with Crippen LogP contribution in [-0.2, 0) is 14.7 Å². The Morgan fingerprint density at radius 3 is 1.31 bits per heavy atom. The maximum Gasteiger partial charge on any atom is -0.172 e. The fourth-order valence-corrected chi connectivity index (χ4v) is 0.321. The van der Waals surface area contributed by atoms with E-state index in [4.69, 9.17) is 27.9 Å². The quantitative estimate of drug-likeness (QED) is 0.457. The first-order valence-electron chi connectivity index (χ1n) is 3.73. The minimum Gasteiger partial charge on any atom is -0.214 e. The molecule has 0 amide bonds. The molecular formula is C9H14Cl3Ti-2. The summed E-state index contributed by atoms with van der Waals surface area (Å²) in [6.07, 6.45) is 0. The van der Waals surface area contributed by atoms with E-state index in [0.717, 1.165) is 0 Å². The summed E-state index contributed by atoms with van der Waals surface area (Å²) >= 11 is -1.92. The zero-order valence-corrected chi connectivity index (χ0v) is 11.8. The first-order valence-corrected chi connectivity index (χ1v) is 10.2. The maximum atomic E-state index is 4.97. The number of hydrogen-bond donors (Lipinski definition) is 0. The Balaban J connectivity index is 0. The summed E-state index contributed by atoms with van der Waals surface area (Å²) in [5.41, 5.74) is 0. The molecule has 0 N–H and O–H groups in total. The molecule has 0 radical (unpaired) electrons. The number of hydrogen-bond acceptors (Lipinski definition) is 0. The van der Waals surface area contributed by atoms with Gasteiger partial charge in [0.15, 0.2) is 0 Å². The van der Waals surface area contributed by atoms with Gasteiger partial charge in [0.05, 0.1) is 0 Å². The molecule has 0 saturated heterocycles. The molecule has 0 spiro atoms. The fraction of sp³-hybridized carbons (Fsp3) is 0.333. The standard InChI is InChI=1S/C5H5.C4H9.3ClH.Ti/c1-2-4-5-3-1;1-4(2)3;;;;/h1-5H;1-3H3;3*1H;/q2*-1;;;;+3/p-3. The molecule has 0 nitrogen and oxygen atoms in total. The molecule has 0 bridgehead atoms. The summed E-state index contributed by atoms with van der Waals surface area (Å²) in [5.74, 6) is 1.42. The van der Waals surface area contributed by atoms with Crippen molar-refractivity contribution in [3.05, 3.63) is 36.2 Å². The van der Waals surface area contributed by atoms with Crippen LogP contribution in [0.15, 0.2) is 30.3 Å². The minimum atomic E-state index is -1.92. The third kappa shape index (κ3) is 43.9. The zero-order valence-electron chi connectivity index (χ0n) is 8.02. The van der Waals surface area contributed by atoms with E-state index in [1.54, 1.807) is 0 Å². The van der Waals surface area contributed by atoms with Crippen molar-refractivity contribution < 1.29 is 14.7 Å². The average molecular weight is 276 g/mol. The van der Waals surface area contributed by atoms with Gasteiger partial charge in [-0.2, -0.15) is 39.0 Å². The molecule has 0 unspecified atom stereocenters. The van der Waals surface area contributed by atoms with Crippen LogP contribution < -0.4 is 0 Å². The molecule has 0 aliphatic carbocycles. The minimum absolute atomic E-state index is 1.42. The third-order valence-corrected chi connectivity index (χ3v) is 0.556. The Morgan fingerprint density at radius 1 is 1.00 bits per heavy atom. The summed E-state index contributed by atoms with van der Waals surface area (Å²) in [7, 11) is 14.9. The summed E-state index contributed by atoms with van der Waals surface area (Å²) in [6.45, 7) is 6.25. The number of rotatable bonds is 0. The van der Waals surface area contributed by atoms with E-state index in [0.29, 0.717) is 0 Å². The van der Waals surface area contributed by atoms with Crippen molar-refractivity contribution in [1.82, 2.24) is 0 Å². The summed E-state index contributed by atoms with van der Waals surface area (Å²) in [6, 6.07) is 10.0. The van der Waals surface area contributed by atoms with Gasteiger partial charge in [-0.15, -0.1) is 0 Å². The average Bonchev–Trinajstić information content (AvgIpc) is 2.35. The molecule has 1 aromatic carbocycles. The van der Waals surface area contributed by atoms with Crippen molar-refractivity contribution in [2.45, 2.75) is 20.8 Å². The molecule has 0 fully saturated rings. The van der Waals surface area contributed by atoms with Crippen LogP contribution >= 0.6 is 27.9 Å². The van der Waals surface area contributed by atoms with Gasteiger partial charge in [-0.25, -0.2) is 12.1 Å². The number of halogens is 3. The molecule has 0 aliphatic rings. The third-order valence-electron chi connectivity index (χ3n) is 0.556. The fourth-order valence-electron chi connectivity index (χ4n) is 0.321. The van der Waals surface area contributed by atoms with Gasteiger partial charge in [-0.05, 0) is 0 Å². The van der Waals surface area contributed by atoms with Crippen LogP contribution in [0.3, 0.4) is 0 Å². The Kier molecular flexibility index (Phi) is 16.3. The first-order chi connectivity index (χ1) is 5.96. The Bertz CT molecular complexity index is 121. The predicted molar refractivity (Wildman–Crippen MR) is 59.9 cm³/mol. The second kappa shape index (κ2) is 12.9. The van der Waals surface area contributed by atoms with Crippen LogP contribution in [0, 0.1) is 5.92 Å². The Hall–Kier alpha value is 0.934. The van der Waals surface area contributed by atoms with Crippen molar-refractivity contribution in [3.8, 4) is 0 Å². The second-order valence-corrected chi connectivity index (χ2v) is 10.4.